The number of nitrogens with zero attached hydrogens (tertiary/aromatic N) is 4. The molecule has 204 valence electrons. The lowest BCUT2D eigenvalue weighted by Gasteiger charge is -2.38. The first-order valence-electron chi connectivity index (χ1n) is 12.7. The first-order chi connectivity index (χ1) is 17.9. The van der Waals surface area contributed by atoms with Crippen LogP contribution >= 0.6 is 11.6 Å². The van der Waals surface area contributed by atoms with Gasteiger partial charge in [-0.2, -0.15) is 5.10 Å². The number of hydrogen-bond acceptors (Lipinski definition) is 6. The van der Waals surface area contributed by atoms with Crippen LogP contribution < -0.4 is 11.1 Å². The average molecular weight is 561 g/mol. The average Bonchev–Trinajstić information content (AvgIpc) is 3.29. The molecule has 1 aliphatic rings. The van der Waals surface area contributed by atoms with Gasteiger partial charge in [-0.05, 0) is 42.5 Å². The van der Waals surface area contributed by atoms with E-state index in [1.807, 2.05) is 6.92 Å². The van der Waals surface area contributed by atoms with Crippen LogP contribution in [0.4, 0.5) is 15.9 Å². The Morgan fingerprint density at radius 3 is 2.74 bits per heavy atom. The molecule has 4 rings (SSSR count). The van der Waals surface area contributed by atoms with Crippen molar-refractivity contribution < 1.29 is 18.7 Å². The first kappa shape index (κ1) is 28.0. The molecular weight excluding hydrogens is 527 g/mol. The Hall–Kier alpha value is -3.02. The third-order valence-corrected chi connectivity index (χ3v) is 8.76. The Morgan fingerprint density at radius 1 is 1.26 bits per heavy atom. The van der Waals surface area contributed by atoms with E-state index in [2.05, 4.69) is 35.0 Å². The second-order valence-electron chi connectivity index (χ2n) is 11.1. The van der Waals surface area contributed by atoms with Crippen LogP contribution in [0.1, 0.15) is 31.4 Å². The lowest BCUT2D eigenvalue weighted by molar-refractivity contribution is -0.146. The molecule has 38 heavy (non-hydrogen) atoms. The highest BCUT2D eigenvalue weighted by Gasteiger charge is 2.35. The first-order valence-corrected chi connectivity index (χ1v) is 16.8. The number of benzene rings is 1. The number of nitrogens with two attached hydrogens (primary N) is 1. The minimum atomic E-state index is -1.25. The summed E-state index contributed by atoms with van der Waals surface area (Å²) in [6.07, 6.45) is 4.48. The zero-order chi connectivity index (χ0) is 27.6. The highest BCUT2D eigenvalue weighted by molar-refractivity contribution is 6.76. The number of amides is 2. The number of fused-ring (bicyclic) bond motifs is 1. The van der Waals surface area contributed by atoms with Gasteiger partial charge in [-0.25, -0.2) is 14.1 Å². The van der Waals surface area contributed by atoms with E-state index in [-0.39, 0.29) is 23.5 Å². The largest absolute Gasteiger partial charge is 0.383 e. The number of nitrogen functional groups attached to an aromatic ring is 1. The smallest absolute Gasteiger partial charge is 0.314 e. The van der Waals surface area contributed by atoms with E-state index in [9.17, 15) is 14.0 Å². The molecule has 0 aliphatic carbocycles. The molecule has 1 fully saturated rings. The van der Waals surface area contributed by atoms with Crippen LogP contribution in [0.25, 0.3) is 10.9 Å². The second kappa shape index (κ2) is 11.4. The molecule has 3 N–H and O–H groups in total. The number of nitrogens with one attached hydrogen (secondary N) is 1. The van der Waals surface area contributed by atoms with E-state index in [0.29, 0.717) is 41.7 Å². The SMILES string of the molecule is CC1CCC(c2ccc(F)c(Cl)c2)N(C(=O)C(=O)Nc2cnc(N)c3cnn(COCC[Si](C)(C)C)c23)C1. The lowest BCUT2D eigenvalue weighted by atomic mass is 9.89. The molecule has 2 amide bonds. The van der Waals surface area contributed by atoms with E-state index in [4.69, 9.17) is 22.1 Å². The predicted octanol–water partition coefficient (Wildman–Crippen LogP) is 5.06. The van der Waals surface area contributed by atoms with Crippen molar-refractivity contribution in [3.05, 3.63) is 47.0 Å². The number of likely N-dealkylation sites (tertiary alicyclic amines) is 1. The molecule has 9 nitrogen and oxygen atoms in total. The molecule has 3 heterocycles. The molecule has 1 aliphatic heterocycles. The number of ether oxygens (including phenoxy) is 1. The van der Waals surface area contributed by atoms with Gasteiger partial charge in [-0.3, -0.25) is 9.59 Å². The quantitative estimate of drug-likeness (QED) is 0.237. The van der Waals surface area contributed by atoms with Crippen LogP contribution in [-0.4, -0.2) is 52.7 Å². The number of piperidine rings is 1. The monoisotopic (exact) mass is 560 g/mol. The Kier molecular flexibility index (Phi) is 8.39. The normalized spacial score (nSPS) is 18.1. The van der Waals surface area contributed by atoms with Gasteiger partial charge in [-0.1, -0.05) is 44.2 Å². The molecule has 2 unspecified atom stereocenters. The van der Waals surface area contributed by atoms with Crippen molar-refractivity contribution in [2.24, 2.45) is 5.92 Å². The molecule has 0 bridgehead atoms. The topological polar surface area (TPSA) is 115 Å². The fourth-order valence-electron chi connectivity index (χ4n) is 4.59. The molecular formula is C26H34ClFN6O3Si. The summed E-state index contributed by atoms with van der Waals surface area (Å²) in [5.74, 6) is -1.56. The zero-order valence-electron chi connectivity index (χ0n) is 22.1. The van der Waals surface area contributed by atoms with E-state index >= 15 is 0 Å². The number of hydrogen-bond donors (Lipinski definition) is 2. The van der Waals surface area contributed by atoms with E-state index in [0.717, 1.165) is 12.5 Å². The Balaban J connectivity index is 1.55. The number of halogens is 2. The fourth-order valence-corrected chi connectivity index (χ4v) is 5.54. The number of rotatable bonds is 7. The molecule has 3 aromatic rings. The van der Waals surface area contributed by atoms with Gasteiger partial charge in [0.25, 0.3) is 0 Å². The minimum Gasteiger partial charge on any atom is -0.383 e. The Bertz CT molecular complexity index is 1340. The number of anilines is 2. The summed E-state index contributed by atoms with van der Waals surface area (Å²) in [5.41, 5.74) is 7.58. The molecule has 2 atom stereocenters. The summed E-state index contributed by atoms with van der Waals surface area (Å²) in [6.45, 7) is 10.0. The van der Waals surface area contributed by atoms with Crippen molar-refractivity contribution in [1.82, 2.24) is 19.7 Å². The van der Waals surface area contributed by atoms with Crippen molar-refractivity contribution >= 4 is 53.9 Å². The third-order valence-electron chi connectivity index (χ3n) is 6.76. The van der Waals surface area contributed by atoms with E-state index in [1.54, 1.807) is 16.9 Å². The van der Waals surface area contributed by atoms with Crippen LogP contribution in [0.2, 0.25) is 30.7 Å². The summed E-state index contributed by atoms with van der Waals surface area (Å²) < 4.78 is 21.2. The van der Waals surface area contributed by atoms with Crippen molar-refractivity contribution in [2.75, 3.05) is 24.2 Å². The van der Waals surface area contributed by atoms with Crippen LogP contribution in [0.3, 0.4) is 0 Å². The maximum Gasteiger partial charge on any atom is 0.314 e. The molecule has 12 heteroatoms. The molecule has 1 saturated heterocycles. The van der Waals surface area contributed by atoms with Crippen molar-refractivity contribution in [2.45, 2.75) is 58.2 Å². The summed E-state index contributed by atoms with van der Waals surface area (Å²) >= 11 is 6.01. The Morgan fingerprint density at radius 2 is 2.03 bits per heavy atom. The van der Waals surface area contributed by atoms with Gasteiger partial charge in [0, 0.05) is 21.2 Å². The van der Waals surface area contributed by atoms with Crippen molar-refractivity contribution in [3.8, 4) is 0 Å². The predicted molar refractivity (Wildman–Crippen MR) is 149 cm³/mol. The molecule has 0 radical (unpaired) electrons. The second-order valence-corrected chi connectivity index (χ2v) is 17.1. The molecule has 0 spiro atoms. The van der Waals surface area contributed by atoms with Crippen LogP contribution in [0.15, 0.2) is 30.6 Å². The summed E-state index contributed by atoms with van der Waals surface area (Å²) in [7, 11) is -1.25. The summed E-state index contributed by atoms with van der Waals surface area (Å²) in [6, 6.07) is 5.01. The van der Waals surface area contributed by atoms with Gasteiger partial charge < -0.3 is 20.7 Å². The van der Waals surface area contributed by atoms with E-state index < -0.39 is 31.7 Å². The van der Waals surface area contributed by atoms with Gasteiger partial charge in [-0.15, -0.1) is 0 Å². The third kappa shape index (κ3) is 6.33. The maximum absolute atomic E-state index is 13.8. The number of aromatic nitrogens is 3. The van der Waals surface area contributed by atoms with Crippen LogP contribution in [0.5, 0.6) is 0 Å². The highest BCUT2D eigenvalue weighted by Crippen LogP contribution is 2.35. The zero-order valence-corrected chi connectivity index (χ0v) is 23.9. The molecule has 0 saturated carbocycles. The fraction of sp³-hybridized carbons (Fsp3) is 0.462. The van der Waals surface area contributed by atoms with Crippen molar-refractivity contribution in [1.29, 1.82) is 0 Å². The summed E-state index contributed by atoms with van der Waals surface area (Å²) in [5, 5.41) is 7.61. The van der Waals surface area contributed by atoms with Gasteiger partial charge in [0.1, 0.15) is 18.4 Å². The lowest BCUT2D eigenvalue weighted by Crippen LogP contribution is -2.46. The Labute approximate surface area is 227 Å². The van der Waals surface area contributed by atoms with Crippen molar-refractivity contribution in [3.63, 3.8) is 0 Å². The number of carbonyl (C=O) groups excluding carboxylic acids is 2. The van der Waals surface area contributed by atoms with Gasteiger partial charge in [0.15, 0.2) is 0 Å². The van der Waals surface area contributed by atoms with Gasteiger partial charge in [0.05, 0.1) is 40.0 Å². The molecule has 1 aromatic carbocycles. The minimum absolute atomic E-state index is 0.0198. The van der Waals surface area contributed by atoms with Crippen LogP contribution in [-0.2, 0) is 21.1 Å². The van der Waals surface area contributed by atoms with Gasteiger partial charge >= 0.3 is 11.8 Å². The summed E-state index contributed by atoms with van der Waals surface area (Å²) in [4.78, 5) is 32.4. The highest BCUT2D eigenvalue weighted by atomic mass is 35.5. The molecule has 2 aromatic heterocycles. The van der Waals surface area contributed by atoms with Crippen LogP contribution in [0, 0.1) is 11.7 Å². The number of pyridine rings is 1. The number of carbonyl (C=O) groups is 2. The standard InChI is InChI=1S/C26H34ClFN6O3Si/c1-16-5-8-22(17-6-7-20(28)19(27)11-17)33(14-16)26(36)25(35)32-21-13-30-24(29)18-12-31-34(23(18)21)15-37-9-10-38(2,3)4/h6-7,11-13,16,22H,5,8-10,14-15H2,1-4H3,(H2,29,30)(H,32,35). The van der Waals surface area contributed by atoms with E-state index in [1.165, 1.54) is 23.2 Å². The van der Waals surface area contributed by atoms with Gasteiger partial charge in [0.2, 0.25) is 0 Å². The maximum atomic E-state index is 13.8.